The van der Waals surface area contributed by atoms with Crippen molar-refractivity contribution in [3.63, 3.8) is 0 Å². The summed E-state index contributed by atoms with van der Waals surface area (Å²) in [6.45, 7) is 9.13. The smallest absolute Gasteiger partial charge is 0.0834 e. The van der Waals surface area contributed by atoms with Crippen molar-refractivity contribution in [2.24, 2.45) is 10.6 Å². The molecule has 0 fully saturated rings. The molecule has 1 aliphatic carbocycles. The van der Waals surface area contributed by atoms with Gasteiger partial charge in [0, 0.05) is 11.8 Å². The monoisotopic (exact) mass is 235 g/mol. The number of allylic oxidation sites excluding steroid dienone is 5. The Labute approximate surface area is 103 Å². The highest BCUT2D eigenvalue weighted by Gasteiger charge is 2.19. The lowest BCUT2D eigenvalue weighted by Gasteiger charge is -2.17. The molecule has 0 unspecified atom stereocenters. The van der Waals surface area contributed by atoms with Crippen LogP contribution in [-0.4, -0.2) is 17.5 Å². The van der Waals surface area contributed by atoms with E-state index in [-0.39, 0.29) is 5.41 Å². The molecule has 1 aliphatic rings. The molecule has 4 N–H and O–H groups in total. The summed E-state index contributed by atoms with van der Waals surface area (Å²) in [5.41, 5.74) is 8.10. The Morgan fingerprint density at radius 2 is 2.06 bits per heavy atom. The molecule has 0 bridgehead atoms. The maximum atomic E-state index is 8.90. The SMILES string of the molecule is CC1=CC(C(C)=NO)=CC(C)(C)C=C1CC[NH3+]. The van der Waals surface area contributed by atoms with Crippen molar-refractivity contribution in [2.45, 2.75) is 34.1 Å². The second kappa shape index (κ2) is 5.32. The van der Waals surface area contributed by atoms with Gasteiger partial charge in [0.1, 0.15) is 0 Å². The Morgan fingerprint density at radius 3 is 2.59 bits per heavy atom. The molecule has 0 spiro atoms. The molecule has 1 rings (SSSR count). The first-order chi connectivity index (χ1) is 7.89. The average Bonchev–Trinajstić information content (AvgIpc) is 2.35. The van der Waals surface area contributed by atoms with Crippen LogP contribution in [0.15, 0.2) is 40.1 Å². The van der Waals surface area contributed by atoms with Crippen LogP contribution in [0.25, 0.3) is 0 Å². The molecule has 0 saturated carbocycles. The van der Waals surface area contributed by atoms with Crippen LogP contribution < -0.4 is 5.73 Å². The van der Waals surface area contributed by atoms with Gasteiger partial charge < -0.3 is 10.9 Å². The van der Waals surface area contributed by atoms with E-state index in [4.69, 9.17) is 5.21 Å². The molecule has 3 heteroatoms. The lowest BCUT2D eigenvalue weighted by atomic mass is 9.88. The molecule has 0 amide bonds. The lowest BCUT2D eigenvalue weighted by Crippen LogP contribution is -2.50. The third-order valence-electron chi connectivity index (χ3n) is 2.97. The Hall–Kier alpha value is -1.35. The molecular formula is C14H23N2O+. The van der Waals surface area contributed by atoms with Gasteiger partial charge in [0.25, 0.3) is 0 Å². The van der Waals surface area contributed by atoms with Crippen LogP contribution in [0.2, 0.25) is 0 Å². The zero-order chi connectivity index (χ0) is 13.1. The van der Waals surface area contributed by atoms with Crippen molar-refractivity contribution < 1.29 is 10.9 Å². The summed E-state index contributed by atoms with van der Waals surface area (Å²) in [6, 6.07) is 0. The third-order valence-corrected chi connectivity index (χ3v) is 2.97. The maximum Gasteiger partial charge on any atom is 0.0834 e. The molecule has 0 heterocycles. The second-order valence-electron chi connectivity index (χ2n) is 5.21. The van der Waals surface area contributed by atoms with Crippen molar-refractivity contribution in [3.8, 4) is 0 Å². The summed E-state index contributed by atoms with van der Waals surface area (Å²) in [5, 5.41) is 12.2. The van der Waals surface area contributed by atoms with Crippen LogP contribution in [0.4, 0.5) is 0 Å². The Morgan fingerprint density at radius 1 is 1.41 bits per heavy atom. The first kappa shape index (κ1) is 13.7. The molecule has 0 saturated heterocycles. The van der Waals surface area contributed by atoms with Crippen molar-refractivity contribution in [2.75, 3.05) is 6.54 Å². The zero-order valence-electron chi connectivity index (χ0n) is 11.2. The van der Waals surface area contributed by atoms with Gasteiger partial charge in [-0.25, -0.2) is 0 Å². The van der Waals surface area contributed by atoms with Gasteiger partial charge in [0.05, 0.1) is 12.3 Å². The average molecular weight is 235 g/mol. The number of hydrogen-bond acceptors (Lipinski definition) is 2. The van der Waals surface area contributed by atoms with Crippen LogP contribution in [0.3, 0.4) is 0 Å². The van der Waals surface area contributed by atoms with Gasteiger partial charge in [0.15, 0.2) is 0 Å². The number of rotatable bonds is 3. The molecular weight excluding hydrogens is 212 g/mol. The molecule has 0 radical (unpaired) electrons. The van der Waals surface area contributed by atoms with E-state index < -0.39 is 0 Å². The minimum absolute atomic E-state index is 0.0277. The highest BCUT2D eigenvalue weighted by molar-refractivity contribution is 6.00. The fourth-order valence-corrected chi connectivity index (χ4v) is 2.10. The van der Waals surface area contributed by atoms with Crippen LogP contribution in [-0.2, 0) is 0 Å². The fourth-order valence-electron chi connectivity index (χ4n) is 2.10. The van der Waals surface area contributed by atoms with Gasteiger partial charge >= 0.3 is 0 Å². The minimum Gasteiger partial charge on any atom is -0.411 e. The summed E-state index contributed by atoms with van der Waals surface area (Å²) >= 11 is 0. The topological polar surface area (TPSA) is 60.2 Å². The van der Waals surface area contributed by atoms with Gasteiger partial charge in [-0.2, -0.15) is 0 Å². The molecule has 3 nitrogen and oxygen atoms in total. The number of oxime groups is 1. The molecule has 94 valence electrons. The van der Waals surface area contributed by atoms with E-state index in [1.165, 1.54) is 11.1 Å². The predicted molar refractivity (Wildman–Crippen MR) is 71.0 cm³/mol. The van der Waals surface area contributed by atoms with Gasteiger partial charge in [-0.05, 0) is 30.6 Å². The van der Waals surface area contributed by atoms with Crippen LogP contribution in [0.5, 0.6) is 0 Å². The quantitative estimate of drug-likeness (QED) is 0.440. The van der Waals surface area contributed by atoms with Crippen LogP contribution in [0.1, 0.15) is 34.1 Å². The molecule has 0 aliphatic heterocycles. The largest absolute Gasteiger partial charge is 0.411 e. The number of quaternary nitrogens is 1. The van der Waals surface area contributed by atoms with E-state index in [9.17, 15) is 0 Å². The van der Waals surface area contributed by atoms with Gasteiger partial charge in [-0.3, -0.25) is 0 Å². The highest BCUT2D eigenvalue weighted by atomic mass is 16.4. The minimum atomic E-state index is -0.0277. The normalized spacial score (nSPS) is 20.3. The summed E-state index contributed by atoms with van der Waals surface area (Å²) in [7, 11) is 0. The van der Waals surface area contributed by atoms with Crippen molar-refractivity contribution in [1.29, 1.82) is 0 Å². The highest BCUT2D eigenvalue weighted by Crippen LogP contribution is 2.31. The lowest BCUT2D eigenvalue weighted by molar-refractivity contribution is -0.366. The predicted octanol–water partition coefficient (Wildman–Crippen LogP) is 2.31. The Bertz CT molecular complexity index is 412. The van der Waals surface area contributed by atoms with Gasteiger partial charge in [0.2, 0.25) is 0 Å². The zero-order valence-corrected chi connectivity index (χ0v) is 11.2. The number of hydrogen-bond donors (Lipinski definition) is 2. The summed E-state index contributed by atoms with van der Waals surface area (Å²) in [4.78, 5) is 0. The van der Waals surface area contributed by atoms with E-state index in [1.54, 1.807) is 0 Å². The van der Waals surface area contributed by atoms with E-state index in [0.29, 0.717) is 5.71 Å². The maximum absolute atomic E-state index is 8.90. The van der Waals surface area contributed by atoms with E-state index >= 15 is 0 Å². The van der Waals surface area contributed by atoms with Crippen LogP contribution in [0, 0.1) is 5.41 Å². The summed E-state index contributed by atoms with van der Waals surface area (Å²) in [6.07, 6.45) is 7.50. The molecule has 0 aromatic carbocycles. The van der Waals surface area contributed by atoms with Gasteiger partial charge in [-0.1, -0.05) is 37.2 Å². The standard InChI is InChI=1S/C14H22N2O/c1-10-7-13(11(2)16-17)9-14(3,4)8-12(10)5-6-15/h7-9,17H,5-6,15H2,1-4H3/p+1. The second-order valence-corrected chi connectivity index (χ2v) is 5.21. The summed E-state index contributed by atoms with van der Waals surface area (Å²) in [5.74, 6) is 0. The van der Waals surface area contributed by atoms with Crippen LogP contribution >= 0.6 is 0 Å². The third kappa shape index (κ3) is 3.56. The Balaban J connectivity index is 3.22. The van der Waals surface area contributed by atoms with Gasteiger partial charge in [-0.15, -0.1) is 0 Å². The van der Waals surface area contributed by atoms with Crippen molar-refractivity contribution in [1.82, 2.24) is 0 Å². The molecule has 0 atom stereocenters. The van der Waals surface area contributed by atoms with E-state index in [2.05, 4.69) is 49.9 Å². The van der Waals surface area contributed by atoms with Crippen molar-refractivity contribution in [3.05, 3.63) is 34.9 Å². The fraction of sp³-hybridized carbons (Fsp3) is 0.500. The molecule has 0 aromatic rings. The molecule has 17 heavy (non-hydrogen) atoms. The number of nitrogens with zero attached hydrogens (tertiary/aromatic N) is 1. The van der Waals surface area contributed by atoms with Crippen molar-refractivity contribution >= 4 is 5.71 Å². The van der Waals surface area contributed by atoms with E-state index in [1.807, 2.05) is 6.92 Å². The first-order valence-electron chi connectivity index (χ1n) is 6.01. The van der Waals surface area contributed by atoms with E-state index in [0.717, 1.165) is 18.5 Å². The molecule has 0 aromatic heterocycles. The Kier molecular flexibility index (Phi) is 4.29. The summed E-state index contributed by atoms with van der Waals surface area (Å²) < 4.78 is 0. The first-order valence-corrected chi connectivity index (χ1v) is 6.01.